The predicted molar refractivity (Wildman–Crippen MR) is 50.3 cm³/mol. The maximum Gasteiger partial charge on any atom is 0.306 e. The second-order valence-corrected chi connectivity index (χ2v) is 2.74. The minimum Gasteiger partial charge on any atom is -0.466 e. The Kier molecular flexibility index (Phi) is 6.88. The molecule has 0 spiro atoms. The van der Waals surface area contributed by atoms with Crippen molar-refractivity contribution in [3.63, 3.8) is 0 Å². The van der Waals surface area contributed by atoms with Crippen molar-refractivity contribution < 1.29 is 14.3 Å². The summed E-state index contributed by atoms with van der Waals surface area (Å²) in [5, 5.41) is 0. The summed E-state index contributed by atoms with van der Waals surface area (Å²) in [4.78, 5) is 21.6. The molecule has 0 amide bonds. The third-order valence-electron chi connectivity index (χ3n) is 1.56. The van der Waals surface area contributed by atoms with Gasteiger partial charge in [0.1, 0.15) is 0 Å². The zero-order valence-corrected chi connectivity index (χ0v) is 8.04. The Labute approximate surface area is 78.8 Å². The number of rotatable bonds is 7. The van der Waals surface area contributed by atoms with Crippen LogP contribution in [0.5, 0.6) is 0 Å². The Balaban J connectivity index is 3.40. The molecule has 0 aromatic heterocycles. The quantitative estimate of drug-likeness (QED) is 0.344. The lowest BCUT2D eigenvalue weighted by atomic mass is 10.2. The molecule has 0 aromatic rings. The van der Waals surface area contributed by atoms with Crippen molar-refractivity contribution in [1.29, 1.82) is 0 Å². The molecule has 0 N–H and O–H groups in total. The number of carbonyl (C=O) groups is 2. The molecule has 0 bridgehead atoms. The molecule has 0 atom stereocenters. The van der Waals surface area contributed by atoms with Crippen molar-refractivity contribution in [2.24, 2.45) is 0 Å². The number of carbonyl (C=O) groups excluding carboxylic acids is 2. The van der Waals surface area contributed by atoms with Crippen LogP contribution in [-0.4, -0.2) is 18.4 Å². The first kappa shape index (κ1) is 11.9. The lowest BCUT2D eigenvalue weighted by molar-refractivity contribution is -0.144. The molecule has 0 unspecified atom stereocenters. The van der Waals surface area contributed by atoms with Gasteiger partial charge in [-0.25, -0.2) is 0 Å². The van der Waals surface area contributed by atoms with Crippen LogP contribution in [0.4, 0.5) is 0 Å². The Hall–Kier alpha value is -1.12. The largest absolute Gasteiger partial charge is 0.466 e. The van der Waals surface area contributed by atoms with E-state index in [-0.39, 0.29) is 24.6 Å². The molecule has 13 heavy (non-hydrogen) atoms. The summed E-state index contributed by atoms with van der Waals surface area (Å²) < 4.78 is 4.85. The number of ketones is 1. The number of allylic oxidation sites excluding steroid dienone is 1. The van der Waals surface area contributed by atoms with E-state index in [4.69, 9.17) is 4.74 Å². The topological polar surface area (TPSA) is 43.4 Å². The Morgan fingerprint density at radius 3 is 2.62 bits per heavy atom. The summed E-state index contributed by atoms with van der Waals surface area (Å²) >= 11 is 0. The van der Waals surface area contributed by atoms with Crippen LogP contribution in [0.3, 0.4) is 0 Å². The number of ether oxygens (including phenoxy) is 1. The Bertz CT molecular complexity index is 185. The van der Waals surface area contributed by atoms with E-state index < -0.39 is 0 Å². The van der Waals surface area contributed by atoms with Crippen molar-refractivity contribution in [2.45, 2.75) is 32.6 Å². The minimum atomic E-state index is -0.302. The van der Waals surface area contributed by atoms with Crippen LogP contribution in [-0.2, 0) is 14.3 Å². The first-order valence-corrected chi connectivity index (χ1v) is 4.51. The number of unbranched alkanes of at least 4 members (excludes halogenated alkanes) is 1. The fourth-order valence-electron chi connectivity index (χ4n) is 0.730. The highest BCUT2D eigenvalue weighted by atomic mass is 16.5. The molecule has 0 aliphatic rings. The zero-order chi connectivity index (χ0) is 10.1. The average molecular weight is 184 g/mol. The van der Waals surface area contributed by atoms with Crippen LogP contribution >= 0.6 is 0 Å². The average Bonchev–Trinajstić information content (AvgIpc) is 2.14. The standard InChI is InChI=1S/C10H16O3/c1-3-5-8-13-10(12)7-6-9(11)4-2/h4H,2-3,5-8H2,1H3. The summed E-state index contributed by atoms with van der Waals surface area (Å²) in [5.74, 6) is -0.420. The van der Waals surface area contributed by atoms with E-state index in [2.05, 4.69) is 6.58 Å². The van der Waals surface area contributed by atoms with Gasteiger partial charge in [0, 0.05) is 6.42 Å². The van der Waals surface area contributed by atoms with Gasteiger partial charge in [-0.15, -0.1) is 0 Å². The lowest BCUT2D eigenvalue weighted by Gasteiger charge is -2.01. The SMILES string of the molecule is C=CC(=O)CCC(=O)OCCCC. The fourth-order valence-corrected chi connectivity index (χ4v) is 0.730. The second-order valence-electron chi connectivity index (χ2n) is 2.74. The molecule has 74 valence electrons. The van der Waals surface area contributed by atoms with Crippen molar-refractivity contribution in [3.8, 4) is 0 Å². The van der Waals surface area contributed by atoms with E-state index in [1.807, 2.05) is 6.92 Å². The van der Waals surface area contributed by atoms with Crippen LogP contribution in [0.15, 0.2) is 12.7 Å². The van der Waals surface area contributed by atoms with E-state index >= 15 is 0 Å². The maximum absolute atomic E-state index is 10.9. The summed E-state index contributed by atoms with van der Waals surface area (Å²) in [6, 6.07) is 0. The van der Waals surface area contributed by atoms with Gasteiger partial charge in [0.15, 0.2) is 5.78 Å². The van der Waals surface area contributed by atoms with E-state index in [1.54, 1.807) is 0 Å². The van der Waals surface area contributed by atoms with Crippen molar-refractivity contribution >= 4 is 11.8 Å². The molecule has 0 aliphatic carbocycles. The van der Waals surface area contributed by atoms with Gasteiger partial charge in [-0.1, -0.05) is 19.9 Å². The third kappa shape index (κ3) is 7.25. The highest BCUT2D eigenvalue weighted by Crippen LogP contribution is 1.96. The summed E-state index contributed by atoms with van der Waals surface area (Å²) in [5.41, 5.74) is 0. The molecule has 0 aliphatic heterocycles. The van der Waals surface area contributed by atoms with E-state index in [1.165, 1.54) is 6.08 Å². The number of esters is 1. The van der Waals surface area contributed by atoms with Gasteiger partial charge in [-0.3, -0.25) is 9.59 Å². The van der Waals surface area contributed by atoms with Gasteiger partial charge in [0.2, 0.25) is 0 Å². The highest BCUT2D eigenvalue weighted by Gasteiger charge is 2.04. The molecule has 0 saturated heterocycles. The molecular weight excluding hydrogens is 168 g/mol. The van der Waals surface area contributed by atoms with Gasteiger partial charge in [0.25, 0.3) is 0 Å². The summed E-state index contributed by atoms with van der Waals surface area (Å²) in [7, 11) is 0. The maximum atomic E-state index is 10.9. The highest BCUT2D eigenvalue weighted by molar-refractivity contribution is 5.91. The van der Waals surface area contributed by atoms with Gasteiger partial charge in [0.05, 0.1) is 13.0 Å². The molecule has 3 nitrogen and oxygen atoms in total. The molecule has 0 fully saturated rings. The number of hydrogen-bond donors (Lipinski definition) is 0. The summed E-state index contributed by atoms with van der Waals surface area (Å²) in [6.45, 7) is 5.79. The van der Waals surface area contributed by atoms with E-state index in [0.717, 1.165) is 12.8 Å². The minimum absolute atomic E-state index is 0.118. The Morgan fingerprint density at radius 2 is 2.08 bits per heavy atom. The first-order chi connectivity index (χ1) is 6.20. The molecule has 0 radical (unpaired) electrons. The molecule has 0 aromatic carbocycles. The first-order valence-electron chi connectivity index (χ1n) is 4.51. The molecular formula is C10H16O3. The third-order valence-corrected chi connectivity index (χ3v) is 1.56. The van der Waals surface area contributed by atoms with Gasteiger partial charge >= 0.3 is 5.97 Å². The van der Waals surface area contributed by atoms with Crippen LogP contribution < -0.4 is 0 Å². The van der Waals surface area contributed by atoms with Crippen LogP contribution in [0, 0.1) is 0 Å². The zero-order valence-electron chi connectivity index (χ0n) is 8.04. The monoisotopic (exact) mass is 184 g/mol. The molecule has 0 heterocycles. The van der Waals surface area contributed by atoms with Crippen molar-refractivity contribution in [2.75, 3.05) is 6.61 Å². The Morgan fingerprint density at radius 1 is 1.38 bits per heavy atom. The van der Waals surface area contributed by atoms with Crippen LogP contribution in [0.2, 0.25) is 0 Å². The van der Waals surface area contributed by atoms with Crippen molar-refractivity contribution in [3.05, 3.63) is 12.7 Å². The van der Waals surface area contributed by atoms with Gasteiger partial charge < -0.3 is 4.74 Å². The van der Waals surface area contributed by atoms with E-state index in [0.29, 0.717) is 6.61 Å². The lowest BCUT2D eigenvalue weighted by Crippen LogP contribution is -2.07. The van der Waals surface area contributed by atoms with Gasteiger partial charge in [-0.05, 0) is 12.5 Å². The molecule has 0 rings (SSSR count). The predicted octanol–water partition coefficient (Wildman–Crippen LogP) is 1.86. The summed E-state index contributed by atoms with van der Waals surface area (Å²) in [6.07, 6.45) is 3.46. The fraction of sp³-hybridized carbons (Fsp3) is 0.600. The molecule has 3 heteroatoms. The molecule has 0 saturated carbocycles. The van der Waals surface area contributed by atoms with Gasteiger partial charge in [-0.2, -0.15) is 0 Å². The normalized spacial score (nSPS) is 9.31. The smallest absolute Gasteiger partial charge is 0.306 e. The van der Waals surface area contributed by atoms with E-state index in [9.17, 15) is 9.59 Å². The van der Waals surface area contributed by atoms with Crippen molar-refractivity contribution in [1.82, 2.24) is 0 Å². The van der Waals surface area contributed by atoms with Crippen LogP contribution in [0.1, 0.15) is 32.6 Å². The van der Waals surface area contributed by atoms with Crippen LogP contribution in [0.25, 0.3) is 0 Å². The second kappa shape index (κ2) is 7.53. The number of hydrogen-bond acceptors (Lipinski definition) is 3.